The number of rotatable bonds is 6. The second-order valence-electron chi connectivity index (χ2n) is 4.78. The molecule has 1 N–H and O–H groups in total. The Morgan fingerprint density at radius 3 is 3.00 bits per heavy atom. The van der Waals surface area contributed by atoms with Crippen LogP contribution in [0.1, 0.15) is 38.4 Å². The van der Waals surface area contributed by atoms with Crippen molar-refractivity contribution >= 4 is 0 Å². The molecule has 0 bridgehead atoms. The lowest BCUT2D eigenvalue weighted by atomic mass is 10.2. The van der Waals surface area contributed by atoms with E-state index < -0.39 is 0 Å². The van der Waals surface area contributed by atoms with Gasteiger partial charge in [0.25, 0.3) is 0 Å². The molecule has 1 fully saturated rings. The summed E-state index contributed by atoms with van der Waals surface area (Å²) in [6.07, 6.45) is 6.83. The molecule has 1 aliphatic rings. The second kappa shape index (κ2) is 4.79. The minimum atomic E-state index is 0.517. The van der Waals surface area contributed by atoms with E-state index in [2.05, 4.69) is 34.9 Å². The zero-order chi connectivity index (χ0) is 10.7. The first-order chi connectivity index (χ1) is 7.27. The Kier molecular flexibility index (Phi) is 3.41. The highest BCUT2D eigenvalue weighted by Gasteiger charge is 2.20. The van der Waals surface area contributed by atoms with Gasteiger partial charge in [-0.15, -0.1) is 0 Å². The fourth-order valence-electron chi connectivity index (χ4n) is 1.84. The van der Waals surface area contributed by atoms with Crippen molar-refractivity contribution in [3.05, 3.63) is 18.2 Å². The van der Waals surface area contributed by atoms with E-state index in [0.717, 1.165) is 19.0 Å². The van der Waals surface area contributed by atoms with E-state index in [1.165, 1.54) is 25.2 Å². The average molecular weight is 207 g/mol. The van der Waals surface area contributed by atoms with Gasteiger partial charge >= 0.3 is 0 Å². The van der Waals surface area contributed by atoms with Gasteiger partial charge in [-0.1, -0.05) is 13.8 Å². The van der Waals surface area contributed by atoms with E-state index in [0.29, 0.717) is 5.92 Å². The first-order valence-corrected chi connectivity index (χ1v) is 5.99. The number of aromatic nitrogens is 2. The maximum Gasteiger partial charge on any atom is 0.111 e. The summed E-state index contributed by atoms with van der Waals surface area (Å²) in [4.78, 5) is 4.38. The highest BCUT2D eigenvalue weighted by Crippen LogP contribution is 2.27. The quantitative estimate of drug-likeness (QED) is 0.723. The van der Waals surface area contributed by atoms with Gasteiger partial charge in [0.15, 0.2) is 0 Å². The monoisotopic (exact) mass is 207 g/mol. The van der Waals surface area contributed by atoms with E-state index in [1.54, 1.807) is 0 Å². The molecule has 84 valence electrons. The molecule has 15 heavy (non-hydrogen) atoms. The van der Waals surface area contributed by atoms with Crippen LogP contribution < -0.4 is 5.32 Å². The number of hydrogen-bond donors (Lipinski definition) is 1. The minimum Gasteiger partial charge on any atom is -0.333 e. The standard InChI is InChI=1S/C12H21N3/c1-10(2)12-14-6-8-15(12)7-5-13-9-11-3-4-11/h6,8,10-11,13H,3-5,7,9H2,1-2H3. The molecule has 3 nitrogen and oxygen atoms in total. The molecule has 0 atom stereocenters. The van der Waals surface area contributed by atoms with Crippen LogP contribution in [0.3, 0.4) is 0 Å². The van der Waals surface area contributed by atoms with Crippen molar-refractivity contribution in [1.29, 1.82) is 0 Å². The topological polar surface area (TPSA) is 29.9 Å². The molecule has 0 spiro atoms. The van der Waals surface area contributed by atoms with Crippen molar-refractivity contribution < 1.29 is 0 Å². The van der Waals surface area contributed by atoms with Crippen molar-refractivity contribution in [2.45, 2.75) is 39.2 Å². The van der Waals surface area contributed by atoms with Gasteiger partial charge in [0.1, 0.15) is 5.82 Å². The maximum absolute atomic E-state index is 4.38. The normalized spacial score (nSPS) is 16.2. The molecule has 0 unspecified atom stereocenters. The van der Waals surface area contributed by atoms with Crippen LogP contribution in [0.2, 0.25) is 0 Å². The van der Waals surface area contributed by atoms with Gasteiger partial charge < -0.3 is 9.88 Å². The van der Waals surface area contributed by atoms with Crippen molar-refractivity contribution in [3.63, 3.8) is 0 Å². The van der Waals surface area contributed by atoms with E-state index >= 15 is 0 Å². The average Bonchev–Trinajstić information content (AvgIpc) is 2.90. The summed E-state index contributed by atoms with van der Waals surface area (Å²) in [6, 6.07) is 0. The first kappa shape index (κ1) is 10.7. The van der Waals surface area contributed by atoms with Gasteiger partial charge in [0, 0.05) is 31.4 Å². The zero-order valence-electron chi connectivity index (χ0n) is 9.74. The zero-order valence-corrected chi connectivity index (χ0v) is 9.74. The van der Waals surface area contributed by atoms with Crippen LogP contribution in [0.4, 0.5) is 0 Å². The van der Waals surface area contributed by atoms with Gasteiger partial charge in [0.2, 0.25) is 0 Å². The minimum absolute atomic E-state index is 0.517. The molecule has 1 aromatic heterocycles. The summed E-state index contributed by atoms with van der Waals surface area (Å²) in [5.74, 6) is 2.68. The van der Waals surface area contributed by atoms with Crippen LogP contribution in [0.25, 0.3) is 0 Å². The van der Waals surface area contributed by atoms with E-state index in [9.17, 15) is 0 Å². The molecule has 1 heterocycles. The predicted octanol–water partition coefficient (Wildman–Crippen LogP) is 2.01. The molecule has 1 saturated carbocycles. The van der Waals surface area contributed by atoms with Crippen molar-refractivity contribution in [2.24, 2.45) is 5.92 Å². The number of nitrogens with one attached hydrogen (secondary N) is 1. The summed E-state index contributed by atoms with van der Waals surface area (Å²) in [5, 5.41) is 3.50. The molecule has 0 radical (unpaired) electrons. The largest absolute Gasteiger partial charge is 0.333 e. The summed E-state index contributed by atoms with van der Waals surface area (Å²) >= 11 is 0. The highest BCUT2D eigenvalue weighted by molar-refractivity contribution is 4.97. The maximum atomic E-state index is 4.38. The third-order valence-electron chi connectivity index (χ3n) is 2.92. The summed E-state index contributed by atoms with van der Waals surface area (Å²) in [5.41, 5.74) is 0. The molecule has 1 aromatic rings. The molecule has 0 aliphatic heterocycles. The van der Waals surface area contributed by atoms with Crippen molar-refractivity contribution in [3.8, 4) is 0 Å². The lowest BCUT2D eigenvalue weighted by molar-refractivity contribution is 0.552. The Balaban J connectivity index is 1.73. The third-order valence-corrected chi connectivity index (χ3v) is 2.92. The van der Waals surface area contributed by atoms with Crippen LogP contribution in [0, 0.1) is 5.92 Å². The van der Waals surface area contributed by atoms with Gasteiger partial charge in [0.05, 0.1) is 0 Å². The van der Waals surface area contributed by atoms with Crippen LogP contribution in [-0.4, -0.2) is 22.6 Å². The molecule has 0 amide bonds. The Morgan fingerprint density at radius 1 is 1.53 bits per heavy atom. The number of imidazole rings is 1. The first-order valence-electron chi connectivity index (χ1n) is 5.99. The summed E-state index contributed by atoms with van der Waals surface area (Å²) < 4.78 is 2.25. The van der Waals surface area contributed by atoms with Gasteiger partial charge in [-0.05, 0) is 25.3 Å². The summed E-state index contributed by atoms with van der Waals surface area (Å²) in [7, 11) is 0. The molecule has 1 aliphatic carbocycles. The predicted molar refractivity (Wildman–Crippen MR) is 61.9 cm³/mol. The Morgan fingerprint density at radius 2 is 2.33 bits per heavy atom. The Bertz CT molecular complexity index is 300. The SMILES string of the molecule is CC(C)c1nccn1CCNCC1CC1. The highest BCUT2D eigenvalue weighted by atomic mass is 15.1. The fourth-order valence-corrected chi connectivity index (χ4v) is 1.84. The third kappa shape index (κ3) is 3.06. The molecule has 0 saturated heterocycles. The molecule has 3 heteroatoms. The van der Waals surface area contributed by atoms with Gasteiger partial charge in [-0.25, -0.2) is 4.98 Å². The number of nitrogens with zero attached hydrogens (tertiary/aromatic N) is 2. The summed E-state index contributed by atoms with van der Waals surface area (Å²) in [6.45, 7) is 7.69. The molecular formula is C12H21N3. The Labute approximate surface area is 91.9 Å². The van der Waals surface area contributed by atoms with Crippen molar-refractivity contribution in [1.82, 2.24) is 14.9 Å². The molecule has 2 rings (SSSR count). The van der Waals surface area contributed by atoms with Gasteiger partial charge in [-0.3, -0.25) is 0 Å². The van der Waals surface area contributed by atoms with Crippen LogP contribution in [0.5, 0.6) is 0 Å². The van der Waals surface area contributed by atoms with Crippen molar-refractivity contribution in [2.75, 3.05) is 13.1 Å². The fraction of sp³-hybridized carbons (Fsp3) is 0.750. The smallest absolute Gasteiger partial charge is 0.111 e. The lowest BCUT2D eigenvalue weighted by Crippen LogP contribution is -2.22. The lowest BCUT2D eigenvalue weighted by Gasteiger charge is -2.10. The number of hydrogen-bond acceptors (Lipinski definition) is 2. The van der Waals surface area contributed by atoms with Crippen LogP contribution in [-0.2, 0) is 6.54 Å². The Hall–Kier alpha value is -0.830. The van der Waals surface area contributed by atoms with Gasteiger partial charge in [-0.2, -0.15) is 0 Å². The van der Waals surface area contributed by atoms with E-state index in [-0.39, 0.29) is 0 Å². The van der Waals surface area contributed by atoms with Crippen LogP contribution in [0.15, 0.2) is 12.4 Å². The molecular weight excluding hydrogens is 186 g/mol. The van der Waals surface area contributed by atoms with E-state index in [1.807, 2.05) is 6.20 Å². The van der Waals surface area contributed by atoms with Crippen LogP contribution >= 0.6 is 0 Å². The van der Waals surface area contributed by atoms with E-state index in [4.69, 9.17) is 0 Å². The second-order valence-corrected chi connectivity index (χ2v) is 4.78. The molecule has 0 aromatic carbocycles.